The fourth-order valence-corrected chi connectivity index (χ4v) is 8.00. The van der Waals surface area contributed by atoms with Crippen LogP contribution in [0.1, 0.15) is 0 Å². The van der Waals surface area contributed by atoms with E-state index in [0.29, 0.717) is 17.5 Å². The average molecular weight is 729 g/mol. The Bertz CT molecular complexity index is 3280. The van der Waals surface area contributed by atoms with Gasteiger partial charge < -0.3 is 4.57 Å². The number of para-hydroxylation sites is 2. The molecule has 0 aliphatic heterocycles. The van der Waals surface area contributed by atoms with Crippen molar-refractivity contribution in [3.05, 3.63) is 194 Å². The summed E-state index contributed by atoms with van der Waals surface area (Å²) in [5, 5.41) is 4.58. The van der Waals surface area contributed by atoms with Gasteiger partial charge in [-0.05, 0) is 64.7 Å². The zero-order valence-corrected chi connectivity index (χ0v) is 30.7. The van der Waals surface area contributed by atoms with Crippen molar-refractivity contribution < 1.29 is 0 Å². The lowest BCUT2D eigenvalue weighted by Gasteiger charge is -2.12. The van der Waals surface area contributed by atoms with Crippen LogP contribution in [0.15, 0.2) is 194 Å². The number of fused-ring (bicyclic) bond motifs is 6. The number of rotatable bonds is 6. The molecule has 6 nitrogen and oxygen atoms in total. The SMILES string of the molecule is c1ccc(-c2nc(-c3ccc(-c4ccc5c6ccccc6n(-c6ccccc6)c5c4)cc3)nc(-c3cccc(-c4ccnc5c4ccc4cccnc45)c3)n2)cc1. The number of aromatic nitrogens is 6. The number of pyridine rings is 2. The van der Waals surface area contributed by atoms with Crippen molar-refractivity contribution in [2.24, 2.45) is 0 Å². The second kappa shape index (κ2) is 13.5. The number of hydrogen-bond donors (Lipinski definition) is 0. The molecule has 0 saturated heterocycles. The fraction of sp³-hybridized carbons (Fsp3) is 0. The molecular formula is C51H32N6. The van der Waals surface area contributed by atoms with E-state index in [0.717, 1.165) is 66.4 Å². The molecule has 0 bridgehead atoms. The molecule has 4 aromatic heterocycles. The van der Waals surface area contributed by atoms with Gasteiger partial charge >= 0.3 is 0 Å². The van der Waals surface area contributed by atoms with E-state index < -0.39 is 0 Å². The van der Waals surface area contributed by atoms with Crippen LogP contribution in [0.4, 0.5) is 0 Å². The highest BCUT2D eigenvalue weighted by molar-refractivity contribution is 6.10. The second-order valence-corrected chi connectivity index (χ2v) is 14.1. The molecule has 0 aliphatic carbocycles. The molecule has 266 valence electrons. The zero-order chi connectivity index (χ0) is 37.7. The summed E-state index contributed by atoms with van der Waals surface area (Å²) in [7, 11) is 0. The molecule has 7 aromatic carbocycles. The van der Waals surface area contributed by atoms with E-state index in [-0.39, 0.29) is 0 Å². The Morgan fingerprint density at radius 1 is 0.333 bits per heavy atom. The Balaban J connectivity index is 0.998. The van der Waals surface area contributed by atoms with Gasteiger partial charge in [0.1, 0.15) is 0 Å². The summed E-state index contributed by atoms with van der Waals surface area (Å²) in [6, 6.07) is 63.3. The molecule has 0 fully saturated rings. The average Bonchev–Trinajstić information content (AvgIpc) is 3.63. The van der Waals surface area contributed by atoms with Gasteiger partial charge in [0.05, 0.1) is 22.1 Å². The van der Waals surface area contributed by atoms with Gasteiger partial charge in [-0.1, -0.05) is 140 Å². The Morgan fingerprint density at radius 3 is 1.77 bits per heavy atom. The molecule has 4 heterocycles. The molecule has 0 spiro atoms. The summed E-state index contributed by atoms with van der Waals surface area (Å²) in [6.07, 6.45) is 3.68. The number of nitrogens with zero attached hydrogens (tertiary/aromatic N) is 6. The van der Waals surface area contributed by atoms with Crippen LogP contribution in [0, 0.1) is 0 Å². The number of benzene rings is 7. The highest BCUT2D eigenvalue weighted by Gasteiger charge is 2.16. The quantitative estimate of drug-likeness (QED) is 0.159. The van der Waals surface area contributed by atoms with Crippen molar-refractivity contribution in [1.29, 1.82) is 0 Å². The van der Waals surface area contributed by atoms with Crippen molar-refractivity contribution in [1.82, 2.24) is 29.5 Å². The molecule has 57 heavy (non-hydrogen) atoms. The first-order valence-electron chi connectivity index (χ1n) is 19.0. The van der Waals surface area contributed by atoms with Crippen molar-refractivity contribution in [2.75, 3.05) is 0 Å². The molecule has 11 rings (SSSR count). The molecule has 0 amide bonds. The van der Waals surface area contributed by atoms with Crippen LogP contribution >= 0.6 is 0 Å². The van der Waals surface area contributed by atoms with Gasteiger partial charge in [-0.3, -0.25) is 9.97 Å². The summed E-state index contributed by atoms with van der Waals surface area (Å²) in [4.78, 5) is 24.5. The van der Waals surface area contributed by atoms with E-state index in [4.69, 9.17) is 19.9 Å². The normalized spacial score (nSPS) is 11.5. The van der Waals surface area contributed by atoms with E-state index in [1.54, 1.807) is 0 Å². The van der Waals surface area contributed by atoms with Gasteiger partial charge in [0.2, 0.25) is 0 Å². The highest BCUT2D eigenvalue weighted by Crippen LogP contribution is 2.36. The Morgan fingerprint density at radius 2 is 0.947 bits per heavy atom. The summed E-state index contributed by atoms with van der Waals surface area (Å²) in [5.41, 5.74) is 12.4. The minimum atomic E-state index is 0.606. The van der Waals surface area contributed by atoms with Crippen LogP contribution < -0.4 is 0 Å². The molecular weight excluding hydrogens is 697 g/mol. The fourth-order valence-electron chi connectivity index (χ4n) is 8.00. The van der Waals surface area contributed by atoms with Gasteiger partial charge in [-0.25, -0.2) is 15.0 Å². The van der Waals surface area contributed by atoms with Gasteiger partial charge in [-0.2, -0.15) is 0 Å². The van der Waals surface area contributed by atoms with Gasteiger partial charge in [0.15, 0.2) is 17.5 Å². The molecule has 11 aromatic rings. The lowest BCUT2D eigenvalue weighted by Crippen LogP contribution is -2.00. The molecule has 0 unspecified atom stereocenters. The van der Waals surface area contributed by atoms with E-state index in [1.165, 1.54) is 21.8 Å². The first kappa shape index (κ1) is 32.6. The lowest BCUT2D eigenvalue weighted by molar-refractivity contribution is 1.07. The van der Waals surface area contributed by atoms with Crippen LogP contribution in [0.3, 0.4) is 0 Å². The molecule has 0 atom stereocenters. The third kappa shape index (κ3) is 5.70. The van der Waals surface area contributed by atoms with Crippen LogP contribution in [0.5, 0.6) is 0 Å². The van der Waals surface area contributed by atoms with Crippen LogP contribution in [-0.4, -0.2) is 29.5 Å². The van der Waals surface area contributed by atoms with Crippen LogP contribution in [0.25, 0.3) is 106 Å². The van der Waals surface area contributed by atoms with E-state index in [1.807, 2.05) is 48.8 Å². The Labute approximate surface area is 328 Å². The number of hydrogen-bond acceptors (Lipinski definition) is 5. The van der Waals surface area contributed by atoms with E-state index >= 15 is 0 Å². The van der Waals surface area contributed by atoms with Crippen LogP contribution in [0.2, 0.25) is 0 Å². The van der Waals surface area contributed by atoms with Crippen molar-refractivity contribution in [3.8, 4) is 62.1 Å². The maximum atomic E-state index is 5.10. The smallest absolute Gasteiger partial charge is 0.164 e. The lowest BCUT2D eigenvalue weighted by atomic mass is 9.98. The van der Waals surface area contributed by atoms with Gasteiger partial charge in [-0.15, -0.1) is 0 Å². The molecule has 0 radical (unpaired) electrons. The first-order valence-corrected chi connectivity index (χ1v) is 19.0. The summed E-state index contributed by atoms with van der Waals surface area (Å²) < 4.78 is 2.35. The van der Waals surface area contributed by atoms with E-state index in [9.17, 15) is 0 Å². The maximum absolute atomic E-state index is 5.10. The minimum absolute atomic E-state index is 0.606. The van der Waals surface area contributed by atoms with Crippen molar-refractivity contribution in [3.63, 3.8) is 0 Å². The van der Waals surface area contributed by atoms with Crippen LogP contribution in [-0.2, 0) is 0 Å². The van der Waals surface area contributed by atoms with Crippen molar-refractivity contribution in [2.45, 2.75) is 0 Å². The minimum Gasteiger partial charge on any atom is -0.309 e. The maximum Gasteiger partial charge on any atom is 0.164 e. The first-order chi connectivity index (χ1) is 28.2. The Kier molecular flexibility index (Phi) is 7.71. The predicted octanol–water partition coefficient (Wildman–Crippen LogP) is 12.4. The third-order valence-electron chi connectivity index (χ3n) is 10.7. The third-order valence-corrected chi connectivity index (χ3v) is 10.7. The summed E-state index contributed by atoms with van der Waals surface area (Å²) in [5.74, 6) is 1.84. The monoisotopic (exact) mass is 728 g/mol. The summed E-state index contributed by atoms with van der Waals surface area (Å²) >= 11 is 0. The molecule has 0 N–H and O–H groups in total. The second-order valence-electron chi connectivity index (χ2n) is 14.1. The van der Waals surface area contributed by atoms with Gasteiger partial charge in [0, 0.05) is 56.3 Å². The molecule has 6 heteroatoms. The molecule has 0 aliphatic rings. The Hall–Kier alpha value is -7.83. The van der Waals surface area contributed by atoms with Gasteiger partial charge in [0.25, 0.3) is 0 Å². The highest BCUT2D eigenvalue weighted by atomic mass is 15.0. The standard InChI is InChI=1S/C51H32N6/c1-3-11-35(12-4-1)49-54-50(56-51(55-49)39-14-9-13-38(31-39)41-28-30-53-48-44(41)27-24-34-15-10-29-52-47(34)48)36-22-20-33(21-23-36)37-25-26-43-42-18-7-8-19-45(42)57(46(43)32-37)40-16-5-2-6-17-40/h1-32H. The predicted molar refractivity (Wildman–Crippen MR) is 232 cm³/mol. The summed E-state index contributed by atoms with van der Waals surface area (Å²) in [6.45, 7) is 0. The van der Waals surface area contributed by atoms with E-state index in [2.05, 4.69) is 155 Å². The zero-order valence-electron chi connectivity index (χ0n) is 30.7. The largest absolute Gasteiger partial charge is 0.309 e. The molecule has 0 saturated carbocycles. The topological polar surface area (TPSA) is 69.4 Å². The van der Waals surface area contributed by atoms with Crippen molar-refractivity contribution >= 4 is 43.6 Å².